The minimum Gasteiger partial charge on any atom is -0.333 e. The Hall–Kier alpha value is -1.73. The Morgan fingerprint density at radius 3 is 2.95 bits per heavy atom. The van der Waals surface area contributed by atoms with E-state index in [1.54, 1.807) is 0 Å². The number of carbonyl (C=O) groups excluding carboxylic acids is 1. The van der Waals surface area contributed by atoms with Crippen molar-refractivity contribution in [3.63, 3.8) is 0 Å². The van der Waals surface area contributed by atoms with Crippen LogP contribution in [0.1, 0.15) is 23.3 Å². The molecule has 112 valence electrons. The van der Waals surface area contributed by atoms with Crippen LogP contribution >= 0.6 is 11.3 Å². The van der Waals surface area contributed by atoms with E-state index in [1.807, 2.05) is 33.2 Å². The molecule has 1 amide bonds. The molecule has 0 bridgehead atoms. The quantitative estimate of drug-likeness (QED) is 0.939. The third-order valence-electron chi connectivity index (χ3n) is 3.96. The van der Waals surface area contributed by atoms with Crippen LogP contribution in [0.5, 0.6) is 0 Å². The first-order chi connectivity index (χ1) is 10.0. The molecule has 3 heterocycles. The summed E-state index contributed by atoms with van der Waals surface area (Å²) in [6, 6.07) is -0.194. The van der Waals surface area contributed by atoms with Crippen molar-refractivity contribution in [2.24, 2.45) is 0 Å². The summed E-state index contributed by atoms with van der Waals surface area (Å²) in [4.78, 5) is 24.3. The number of fused-ring (bicyclic) bond motifs is 1. The number of hydrogen-bond donors (Lipinski definition) is 1. The maximum absolute atomic E-state index is 12.4. The van der Waals surface area contributed by atoms with Crippen LogP contribution in [0.4, 0.5) is 5.13 Å². The number of nitrogens with one attached hydrogen (secondary N) is 1. The molecule has 6 nitrogen and oxygen atoms in total. The van der Waals surface area contributed by atoms with Gasteiger partial charge in [0.2, 0.25) is 5.91 Å². The SMILES string of the molecule is Cc1nc(NC(=O)[C@H](C)N2CCn3ccnc3C2)sc1C. The third-order valence-corrected chi connectivity index (χ3v) is 4.95. The molecular formula is C14H19N5OS. The lowest BCUT2D eigenvalue weighted by Gasteiger charge is -2.31. The molecule has 0 saturated heterocycles. The number of carbonyl (C=O) groups is 1. The van der Waals surface area contributed by atoms with Gasteiger partial charge in [0.05, 0.1) is 18.3 Å². The number of nitrogens with zero attached hydrogens (tertiary/aromatic N) is 4. The third kappa shape index (κ3) is 2.84. The first-order valence-electron chi connectivity index (χ1n) is 7.03. The summed E-state index contributed by atoms with van der Waals surface area (Å²) in [6.45, 7) is 8.33. The van der Waals surface area contributed by atoms with Crippen molar-refractivity contribution in [1.29, 1.82) is 0 Å². The van der Waals surface area contributed by atoms with Crippen molar-refractivity contribution in [2.75, 3.05) is 11.9 Å². The summed E-state index contributed by atoms with van der Waals surface area (Å²) >= 11 is 1.52. The van der Waals surface area contributed by atoms with Gasteiger partial charge in [-0.25, -0.2) is 9.97 Å². The zero-order valence-electron chi connectivity index (χ0n) is 12.5. The minimum absolute atomic E-state index is 0.0104. The second-order valence-electron chi connectivity index (χ2n) is 5.33. The molecule has 21 heavy (non-hydrogen) atoms. The number of rotatable bonds is 3. The number of aromatic nitrogens is 3. The summed E-state index contributed by atoms with van der Waals surface area (Å²) in [7, 11) is 0. The molecule has 0 aliphatic carbocycles. The van der Waals surface area contributed by atoms with Crippen LogP contribution in [0.3, 0.4) is 0 Å². The summed E-state index contributed by atoms with van der Waals surface area (Å²) in [5, 5.41) is 3.60. The molecule has 3 rings (SSSR count). The van der Waals surface area contributed by atoms with Gasteiger partial charge in [-0.3, -0.25) is 9.69 Å². The molecule has 0 unspecified atom stereocenters. The first-order valence-corrected chi connectivity index (χ1v) is 7.85. The molecular weight excluding hydrogens is 286 g/mol. The fraction of sp³-hybridized carbons (Fsp3) is 0.500. The number of hydrogen-bond acceptors (Lipinski definition) is 5. The monoisotopic (exact) mass is 305 g/mol. The average molecular weight is 305 g/mol. The fourth-order valence-electron chi connectivity index (χ4n) is 2.42. The summed E-state index contributed by atoms with van der Waals surface area (Å²) in [6.07, 6.45) is 3.79. The van der Waals surface area contributed by atoms with Crippen LogP contribution in [0, 0.1) is 13.8 Å². The molecule has 0 fully saturated rings. The first kappa shape index (κ1) is 14.2. The van der Waals surface area contributed by atoms with Crippen LogP contribution < -0.4 is 5.32 Å². The number of aryl methyl sites for hydroxylation is 2. The Morgan fingerprint density at radius 2 is 2.24 bits per heavy atom. The van der Waals surface area contributed by atoms with Gasteiger partial charge in [0.15, 0.2) is 5.13 Å². The molecule has 1 aliphatic rings. The lowest BCUT2D eigenvalue weighted by Crippen LogP contribution is -2.45. The molecule has 0 spiro atoms. The Bertz CT molecular complexity index is 643. The van der Waals surface area contributed by atoms with Crippen molar-refractivity contribution < 1.29 is 4.79 Å². The fourth-order valence-corrected chi connectivity index (χ4v) is 3.24. The van der Waals surface area contributed by atoms with E-state index in [2.05, 4.69) is 24.8 Å². The van der Waals surface area contributed by atoms with Gasteiger partial charge in [0, 0.05) is 30.4 Å². The Labute approximate surface area is 127 Å². The van der Waals surface area contributed by atoms with Gasteiger partial charge in [-0.2, -0.15) is 0 Å². The summed E-state index contributed by atoms with van der Waals surface area (Å²) in [5.41, 5.74) is 0.975. The maximum atomic E-state index is 12.4. The minimum atomic E-state index is -0.194. The van der Waals surface area contributed by atoms with E-state index in [1.165, 1.54) is 11.3 Å². The van der Waals surface area contributed by atoms with E-state index in [0.29, 0.717) is 11.7 Å². The lowest BCUT2D eigenvalue weighted by atomic mass is 10.2. The molecule has 0 aromatic carbocycles. The molecule has 0 radical (unpaired) electrons. The van der Waals surface area contributed by atoms with Gasteiger partial charge >= 0.3 is 0 Å². The second-order valence-corrected chi connectivity index (χ2v) is 6.54. The molecule has 1 aliphatic heterocycles. The lowest BCUT2D eigenvalue weighted by molar-refractivity contribution is -0.121. The van der Waals surface area contributed by atoms with Crippen molar-refractivity contribution >= 4 is 22.4 Å². The standard InChI is InChI=1S/C14H19N5OS/c1-9-11(3)21-14(16-9)17-13(20)10(2)19-7-6-18-5-4-15-12(18)8-19/h4-5,10H,6-8H2,1-3H3,(H,16,17,20)/t10-/m0/s1. The second kappa shape index (κ2) is 5.57. The van der Waals surface area contributed by atoms with Gasteiger partial charge in [-0.1, -0.05) is 0 Å². The summed E-state index contributed by atoms with van der Waals surface area (Å²) in [5.74, 6) is 1.01. The smallest absolute Gasteiger partial charge is 0.243 e. The average Bonchev–Trinajstić information content (AvgIpc) is 3.04. The maximum Gasteiger partial charge on any atom is 0.243 e. The topological polar surface area (TPSA) is 63.1 Å². The van der Waals surface area contributed by atoms with Gasteiger partial charge in [-0.15, -0.1) is 11.3 Å². The van der Waals surface area contributed by atoms with Gasteiger partial charge < -0.3 is 9.88 Å². The molecule has 1 N–H and O–H groups in total. The van der Waals surface area contributed by atoms with E-state index in [9.17, 15) is 4.79 Å². The van der Waals surface area contributed by atoms with Crippen LogP contribution in [-0.2, 0) is 17.9 Å². The highest BCUT2D eigenvalue weighted by Gasteiger charge is 2.26. The molecule has 2 aromatic heterocycles. The zero-order chi connectivity index (χ0) is 15.0. The largest absolute Gasteiger partial charge is 0.333 e. The molecule has 2 aromatic rings. The van der Waals surface area contributed by atoms with Crippen molar-refractivity contribution in [3.8, 4) is 0 Å². The van der Waals surface area contributed by atoms with E-state index in [0.717, 1.165) is 29.5 Å². The van der Waals surface area contributed by atoms with Crippen LogP contribution in [0.25, 0.3) is 0 Å². The van der Waals surface area contributed by atoms with E-state index < -0.39 is 0 Å². The van der Waals surface area contributed by atoms with E-state index in [4.69, 9.17) is 0 Å². The highest BCUT2D eigenvalue weighted by Crippen LogP contribution is 2.22. The highest BCUT2D eigenvalue weighted by atomic mass is 32.1. The summed E-state index contributed by atoms with van der Waals surface area (Å²) < 4.78 is 2.13. The predicted molar refractivity (Wildman–Crippen MR) is 82.3 cm³/mol. The van der Waals surface area contributed by atoms with Gasteiger partial charge in [0.1, 0.15) is 5.82 Å². The van der Waals surface area contributed by atoms with Crippen molar-refractivity contribution in [2.45, 2.75) is 39.9 Å². The Morgan fingerprint density at radius 1 is 1.43 bits per heavy atom. The van der Waals surface area contributed by atoms with Crippen LogP contribution in [0.15, 0.2) is 12.4 Å². The van der Waals surface area contributed by atoms with Crippen molar-refractivity contribution in [1.82, 2.24) is 19.4 Å². The van der Waals surface area contributed by atoms with Gasteiger partial charge in [0.25, 0.3) is 0 Å². The highest BCUT2D eigenvalue weighted by molar-refractivity contribution is 7.15. The molecule has 7 heteroatoms. The Kier molecular flexibility index (Phi) is 3.77. The van der Waals surface area contributed by atoms with Gasteiger partial charge in [-0.05, 0) is 20.8 Å². The van der Waals surface area contributed by atoms with Crippen LogP contribution in [-0.4, -0.2) is 37.9 Å². The molecule has 0 saturated carbocycles. The van der Waals surface area contributed by atoms with E-state index >= 15 is 0 Å². The number of imidazole rings is 1. The Balaban J connectivity index is 1.65. The van der Waals surface area contributed by atoms with E-state index in [-0.39, 0.29) is 11.9 Å². The predicted octanol–water partition coefficient (Wildman–Crippen LogP) is 1.80. The zero-order valence-corrected chi connectivity index (χ0v) is 13.3. The van der Waals surface area contributed by atoms with Crippen LogP contribution in [0.2, 0.25) is 0 Å². The molecule has 1 atom stereocenters. The number of thiazole rings is 1. The number of anilines is 1. The van der Waals surface area contributed by atoms with Crippen molar-refractivity contribution in [3.05, 3.63) is 28.8 Å². The normalized spacial score (nSPS) is 16.5. The number of amides is 1.